The molecule has 1 N–H and O–H groups in total. The van der Waals surface area contributed by atoms with Crippen LogP contribution in [-0.2, 0) is 17.0 Å². The molecular weight excluding hydrogens is 260 g/mol. The van der Waals surface area contributed by atoms with Crippen LogP contribution in [0.4, 0.5) is 0 Å². The monoisotopic (exact) mass is 274 g/mol. The Bertz CT molecular complexity index is 553. The standard InChI is InChI=1S/C14H14N2O2S/c1-10-7-15-14(16-8-10)19-9-12-4-2-11(3-5-12)6-13(17)18/h2-5,7-8H,6,9H2,1H3,(H,17,18). The topological polar surface area (TPSA) is 63.1 Å². The van der Waals surface area contributed by atoms with Crippen LogP contribution in [0.15, 0.2) is 41.8 Å². The summed E-state index contributed by atoms with van der Waals surface area (Å²) in [6, 6.07) is 7.58. The van der Waals surface area contributed by atoms with Crippen LogP contribution in [0.1, 0.15) is 16.7 Å². The van der Waals surface area contributed by atoms with Gasteiger partial charge in [0, 0.05) is 18.1 Å². The lowest BCUT2D eigenvalue weighted by Crippen LogP contribution is -1.99. The fourth-order valence-corrected chi connectivity index (χ4v) is 2.27. The number of nitrogens with zero attached hydrogens (tertiary/aromatic N) is 2. The maximum atomic E-state index is 10.6. The number of carbonyl (C=O) groups is 1. The molecule has 1 aromatic heterocycles. The quantitative estimate of drug-likeness (QED) is 0.671. The zero-order valence-corrected chi connectivity index (χ0v) is 11.4. The van der Waals surface area contributed by atoms with Crippen LogP contribution >= 0.6 is 11.8 Å². The molecule has 0 amide bonds. The molecule has 2 aromatic rings. The zero-order chi connectivity index (χ0) is 13.7. The normalized spacial score (nSPS) is 10.4. The van der Waals surface area contributed by atoms with E-state index >= 15 is 0 Å². The van der Waals surface area contributed by atoms with Crippen molar-refractivity contribution in [1.29, 1.82) is 0 Å². The molecule has 0 unspecified atom stereocenters. The first-order valence-corrected chi connectivity index (χ1v) is 6.83. The molecule has 0 atom stereocenters. The number of thioether (sulfide) groups is 1. The highest BCUT2D eigenvalue weighted by Gasteiger charge is 2.02. The summed E-state index contributed by atoms with van der Waals surface area (Å²) < 4.78 is 0. The molecule has 1 heterocycles. The summed E-state index contributed by atoms with van der Waals surface area (Å²) in [5, 5.41) is 9.44. The Kier molecular flexibility index (Phi) is 4.52. The minimum Gasteiger partial charge on any atom is -0.481 e. The van der Waals surface area contributed by atoms with Crippen molar-refractivity contribution < 1.29 is 9.90 Å². The van der Waals surface area contributed by atoms with Crippen molar-refractivity contribution >= 4 is 17.7 Å². The molecule has 0 aliphatic rings. The van der Waals surface area contributed by atoms with Gasteiger partial charge in [0.25, 0.3) is 0 Å². The number of benzene rings is 1. The van der Waals surface area contributed by atoms with E-state index in [0.717, 1.165) is 27.6 Å². The second-order valence-electron chi connectivity index (χ2n) is 4.22. The van der Waals surface area contributed by atoms with Crippen LogP contribution < -0.4 is 0 Å². The van der Waals surface area contributed by atoms with Crippen LogP contribution in [0.5, 0.6) is 0 Å². The molecule has 2 rings (SSSR count). The van der Waals surface area contributed by atoms with Crippen LogP contribution in [-0.4, -0.2) is 21.0 Å². The molecule has 4 nitrogen and oxygen atoms in total. The third-order valence-electron chi connectivity index (χ3n) is 2.50. The van der Waals surface area contributed by atoms with Gasteiger partial charge in [-0.3, -0.25) is 4.79 Å². The number of hydrogen-bond donors (Lipinski definition) is 1. The first kappa shape index (κ1) is 13.5. The Morgan fingerprint density at radius 1 is 1.16 bits per heavy atom. The van der Waals surface area contributed by atoms with Crippen molar-refractivity contribution in [2.75, 3.05) is 0 Å². The number of aryl methyl sites for hydroxylation is 1. The van der Waals surface area contributed by atoms with E-state index in [9.17, 15) is 4.79 Å². The SMILES string of the molecule is Cc1cnc(SCc2ccc(CC(=O)O)cc2)nc1. The van der Waals surface area contributed by atoms with E-state index in [1.54, 1.807) is 24.2 Å². The average molecular weight is 274 g/mol. The van der Waals surface area contributed by atoms with Crippen LogP contribution in [0.2, 0.25) is 0 Å². The van der Waals surface area contributed by atoms with Crippen molar-refractivity contribution in [2.24, 2.45) is 0 Å². The Hall–Kier alpha value is -1.88. The highest BCUT2D eigenvalue weighted by atomic mass is 32.2. The third kappa shape index (κ3) is 4.37. The molecule has 0 saturated heterocycles. The number of rotatable bonds is 5. The maximum absolute atomic E-state index is 10.6. The fraction of sp³-hybridized carbons (Fsp3) is 0.214. The lowest BCUT2D eigenvalue weighted by atomic mass is 10.1. The van der Waals surface area contributed by atoms with Crippen molar-refractivity contribution in [3.8, 4) is 0 Å². The van der Waals surface area contributed by atoms with Gasteiger partial charge in [0.15, 0.2) is 5.16 Å². The average Bonchev–Trinajstić information content (AvgIpc) is 2.39. The van der Waals surface area contributed by atoms with Crippen LogP contribution in [0, 0.1) is 6.92 Å². The van der Waals surface area contributed by atoms with Gasteiger partial charge in [0.05, 0.1) is 6.42 Å². The Labute approximate surface area is 115 Å². The van der Waals surface area contributed by atoms with E-state index in [-0.39, 0.29) is 6.42 Å². The summed E-state index contributed by atoms with van der Waals surface area (Å²) in [4.78, 5) is 19.0. The van der Waals surface area contributed by atoms with Gasteiger partial charge >= 0.3 is 5.97 Å². The number of carboxylic acids is 1. The number of carboxylic acid groups (broad SMARTS) is 1. The Morgan fingerprint density at radius 2 is 1.74 bits per heavy atom. The molecule has 98 valence electrons. The highest BCUT2D eigenvalue weighted by molar-refractivity contribution is 7.98. The number of aliphatic carboxylic acids is 1. The van der Waals surface area contributed by atoms with Gasteiger partial charge in [-0.2, -0.15) is 0 Å². The minimum atomic E-state index is -0.810. The second kappa shape index (κ2) is 6.33. The van der Waals surface area contributed by atoms with Crippen molar-refractivity contribution in [3.63, 3.8) is 0 Å². The molecule has 1 aromatic carbocycles. The molecule has 0 aliphatic carbocycles. The molecule has 19 heavy (non-hydrogen) atoms. The summed E-state index contributed by atoms with van der Waals surface area (Å²) in [6.45, 7) is 1.95. The maximum Gasteiger partial charge on any atom is 0.307 e. The summed E-state index contributed by atoms with van der Waals surface area (Å²) >= 11 is 1.56. The summed E-state index contributed by atoms with van der Waals surface area (Å²) in [5.74, 6) is -0.0358. The zero-order valence-electron chi connectivity index (χ0n) is 10.5. The van der Waals surface area contributed by atoms with E-state index in [1.807, 2.05) is 31.2 Å². The Morgan fingerprint density at radius 3 is 2.32 bits per heavy atom. The first-order chi connectivity index (χ1) is 9.13. The number of hydrogen-bond acceptors (Lipinski definition) is 4. The molecule has 0 spiro atoms. The van der Waals surface area contributed by atoms with Crippen molar-refractivity contribution in [2.45, 2.75) is 24.3 Å². The second-order valence-corrected chi connectivity index (χ2v) is 5.16. The van der Waals surface area contributed by atoms with Gasteiger partial charge in [-0.15, -0.1) is 0 Å². The van der Waals surface area contributed by atoms with Gasteiger partial charge in [-0.1, -0.05) is 36.0 Å². The summed E-state index contributed by atoms with van der Waals surface area (Å²) in [6.07, 6.45) is 3.66. The van der Waals surface area contributed by atoms with Crippen LogP contribution in [0.25, 0.3) is 0 Å². The minimum absolute atomic E-state index is 0.0640. The molecule has 0 saturated carbocycles. The predicted octanol–water partition coefficient (Wildman–Crippen LogP) is 2.70. The molecule has 0 radical (unpaired) electrons. The van der Waals surface area contributed by atoms with Gasteiger partial charge in [-0.25, -0.2) is 9.97 Å². The first-order valence-electron chi connectivity index (χ1n) is 5.84. The summed E-state index contributed by atoms with van der Waals surface area (Å²) in [7, 11) is 0. The smallest absolute Gasteiger partial charge is 0.307 e. The van der Waals surface area contributed by atoms with Crippen LogP contribution in [0.3, 0.4) is 0 Å². The molecule has 5 heteroatoms. The Balaban J connectivity index is 1.92. The third-order valence-corrected chi connectivity index (χ3v) is 3.45. The highest BCUT2D eigenvalue weighted by Crippen LogP contribution is 2.19. The van der Waals surface area contributed by atoms with E-state index < -0.39 is 5.97 Å². The van der Waals surface area contributed by atoms with Crippen molar-refractivity contribution in [1.82, 2.24) is 9.97 Å². The lowest BCUT2D eigenvalue weighted by molar-refractivity contribution is -0.136. The molecule has 0 fully saturated rings. The van der Waals surface area contributed by atoms with E-state index in [1.165, 1.54) is 0 Å². The summed E-state index contributed by atoms with van der Waals surface area (Å²) in [5.41, 5.74) is 2.98. The van der Waals surface area contributed by atoms with E-state index in [2.05, 4.69) is 9.97 Å². The molecule has 0 bridgehead atoms. The van der Waals surface area contributed by atoms with Gasteiger partial charge in [-0.05, 0) is 23.6 Å². The predicted molar refractivity (Wildman–Crippen MR) is 74.1 cm³/mol. The fourth-order valence-electron chi connectivity index (χ4n) is 1.53. The molecular formula is C14H14N2O2S. The largest absolute Gasteiger partial charge is 0.481 e. The number of aromatic nitrogens is 2. The van der Waals surface area contributed by atoms with Crippen molar-refractivity contribution in [3.05, 3.63) is 53.3 Å². The molecule has 0 aliphatic heterocycles. The van der Waals surface area contributed by atoms with Gasteiger partial charge < -0.3 is 5.11 Å². The van der Waals surface area contributed by atoms with Gasteiger partial charge in [0.1, 0.15) is 0 Å². The lowest BCUT2D eigenvalue weighted by Gasteiger charge is -2.02. The van der Waals surface area contributed by atoms with E-state index in [0.29, 0.717) is 0 Å². The van der Waals surface area contributed by atoms with Gasteiger partial charge in [0.2, 0.25) is 0 Å². The van der Waals surface area contributed by atoms with E-state index in [4.69, 9.17) is 5.11 Å².